The van der Waals surface area contributed by atoms with Gasteiger partial charge in [0.2, 0.25) is 5.78 Å². The Morgan fingerprint density at radius 1 is 1.09 bits per heavy atom. The maximum Gasteiger partial charge on any atom is 0.202 e. The van der Waals surface area contributed by atoms with Gasteiger partial charge in [-0.05, 0) is 57.7 Å². The topological polar surface area (TPSA) is 116 Å². The predicted molar refractivity (Wildman–Crippen MR) is 124 cm³/mol. The van der Waals surface area contributed by atoms with E-state index < -0.39 is 23.7 Å². The van der Waals surface area contributed by atoms with E-state index in [2.05, 4.69) is 6.08 Å². The van der Waals surface area contributed by atoms with E-state index in [9.17, 15) is 25.2 Å². The average molecular weight is 455 g/mol. The number of benzene rings is 2. The largest absolute Gasteiger partial charge is 0.507 e. The van der Waals surface area contributed by atoms with Gasteiger partial charge in [-0.2, -0.15) is 0 Å². The molecular weight excluding hydrogens is 424 g/mol. The fourth-order valence-corrected chi connectivity index (χ4v) is 3.78. The third kappa shape index (κ3) is 5.14. The quantitative estimate of drug-likeness (QED) is 0.447. The van der Waals surface area contributed by atoms with Crippen LogP contribution in [-0.4, -0.2) is 39.4 Å². The summed E-state index contributed by atoms with van der Waals surface area (Å²) in [5.41, 5.74) is 2.77. The lowest BCUT2D eigenvalue weighted by Gasteiger charge is -2.31. The van der Waals surface area contributed by atoms with Gasteiger partial charge in [0.25, 0.3) is 0 Å². The van der Waals surface area contributed by atoms with Crippen molar-refractivity contribution in [2.75, 3.05) is 7.11 Å². The Hall–Kier alpha value is -3.45. The molecule has 0 spiro atoms. The molecular formula is C26H30O7. The van der Waals surface area contributed by atoms with Gasteiger partial charge in [-0.1, -0.05) is 29.4 Å². The number of phenolic OH excluding ortho intramolecular Hbond substituents is 3. The SMILES string of the molecule is COc1cc([C@@H]2Oc3cc(O)c(C/C=C(\C)CCC=C(C)C)c(O)c3C(=O)[C@H]2O)ccc1O. The monoisotopic (exact) mass is 454 g/mol. The van der Waals surface area contributed by atoms with Gasteiger partial charge >= 0.3 is 0 Å². The second-order valence-electron chi connectivity index (χ2n) is 8.45. The Morgan fingerprint density at radius 3 is 2.48 bits per heavy atom. The molecule has 2 aromatic rings. The number of Topliss-reactive ketones (excluding diaryl/α,β-unsaturated/α-hetero) is 1. The first-order chi connectivity index (χ1) is 15.6. The van der Waals surface area contributed by atoms with Crippen LogP contribution < -0.4 is 9.47 Å². The minimum Gasteiger partial charge on any atom is -0.507 e. The Balaban J connectivity index is 1.90. The minimum absolute atomic E-state index is 0.0228. The number of fused-ring (bicyclic) bond motifs is 1. The molecule has 0 aromatic heterocycles. The molecule has 0 amide bonds. The molecule has 1 heterocycles. The van der Waals surface area contributed by atoms with Gasteiger partial charge in [-0.25, -0.2) is 0 Å². The van der Waals surface area contributed by atoms with Gasteiger partial charge in [-0.15, -0.1) is 0 Å². The number of rotatable bonds is 7. The van der Waals surface area contributed by atoms with Crippen molar-refractivity contribution in [3.8, 4) is 28.7 Å². The van der Waals surface area contributed by atoms with Crippen molar-refractivity contribution in [2.24, 2.45) is 0 Å². The van der Waals surface area contributed by atoms with E-state index in [0.717, 1.165) is 18.4 Å². The molecule has 0 aliphatic carbocycles. The smallest absolute Gasteiger partial charge is 0.202 e. The normalized spacial score (nSPS) is 17.8. The van der Waals surface area contributed by atoms with Crippen molar-refractivity contribution in [3.05, 3.63) is 64.3 Å². The zero-order valence-electron chi connectivity index (χ0n) is 19.3. The molecule has 4 N–H and O–H groups in total. The first-order valence-electron chi connectivity index (χ1n) is 10.8. The molecule has 176 valence electrons. The fourth-order valence-electron chi connectivity index (χ4n) is 3.78. The Kier molecular flexibility index (Phi) is 7.33. The van der Waals surface area contributed by atoms with E-state index in [1.54, 1.807) is 0 Å². The summed E-state index contributed by atoms with van der Waals surface area (Å²) in [5, 5.41) is 41.8. The van der Waals surface area contributed by atoms with Crippen LogP contribution in [0.4, 0.5) is 0 Å². The van der Waals surface area contributed by atoms with Gasteiger partial charge in [0, 0.05) is 11.6 Å². The van der Waals surface area contributed by atoms with E-state index in [1.165, 1.54) is 36.9 Å². The van der Waals surface area contributed by atoms with Crippen LogP contribution in [0.3, 0.4) is 0 Å². The first kappa shape index (κ1) is 24.2. The van der Waals surface area contributed by atoms with Crippen LogP contribution in [0.25, 0.3) is 0 Å². The van der Waals surface area contributed by atoms with Crippen molar-refractivity contribution < 1.29 is 34.7 Å². The van der Waals surface area contributed by atoms with Crippen LogP contribution in [-0.2, 0) is 6.42 Å². The number of aliphatic hydroxyl groups is 1. The predicted octanol–water partition coefficient (Wildman–Crippen LogP) is 4.72. The van der Waals surface area contributed by atoms with Gasteiger partial charge in [0.05, 0.1) is 7.11 Å². The maximum absolute atomic E-state index is 13.0. The highest BCUT2D eigenvalue weighted by molar-refractivity contribution is 6.06. The lowest BCUT2D eigenvalue weighted by atomic mass is 9.90. The number of hydrogen-bond donors (Lipinski definition) is 4. The van der Waals surface area contributed by atoms with Crippen LogP contribution in [0.15, 0.2) is 47.6 Å². The molecule has 2 aromatic carbocycles. The van der Waals surface area contributed by atoms with Crippen LogP contribution in [0.5, 0.6) is 28.7 Å². The Morgan fingerprint density at radius 2 is 1.82 bits per heavy atom. The molecule has 7 nitrogen and oxygen atoms in total. The standard InChI is InChI=1S/C26H30O7/c1-14(2)6-5-7-15(3)8-10-17-19(28)13-21-22(23(17)29)24(30)25(31)26(33-21)16-9-11-18(27)20(12-16)32-4/h6,8-9,11-13,25-29,31H,5,7,10H2,1-4H3/b15-8+/t25-,26+/m1/s1. The molecule has 2 atom stereocenters. The maximum atomic E-state index is 13.0. The van der Waals surface area contributed by atoms with Gasteiger partial charge in [-0.3, -0.25) is 4.79 Å². The van der Waals surface area contributed by atoms with E-state index in [4.69, 9.17) is 9.47 Å². The van der Waals surface area contributed by atoms with E-state index in [-0.39, 0.29) is 40.5 Å². The summed E-state index contributed by atoms with van der Waals surface area (Å²) < 4.78 is 10.9. The summed E-state index contributed by atoms with van der Waals surface area (Å²) in [6.07, 6.45) is 3.33. The molecule has 0 saturated carbocycles. The Bertz CT molecular complexity index is 1110. The van der Waals surface area contributed by atoms with Crippen LogP contribution in [0.2, 0.25) is 0 Å². The van der Waals surface area contributed by atoms with E-state index >= 15 is 0 Å². The second-order valence-corrected chi connectivity index (χ2v) is 8.45. The third-order valence-corrected chi connectivity index (χ3v) is 5.68. The highest BCUT2D eigenvalue weighted by atomic mass is 16.5. The summed E-state index contributed by atoms with van der Waals surface area (Å²) in [5.74, 6) is -1.27. The summed E-state index contributed by atoms with van der Waals surface area (Å²) >= 11 is 0. The molecule has 0 radical (unpaired) electrons. The van der Waals surface area contributed by atoms with Gasteiger partial charge in [0.15, 0.2) is 23.7 Å². The number of ether oxygens (including phenoxy) is 2. The van der Waals surface area contributed by atoms with Crippen LogP contribution >= 0.6 is 0 Å². The number of allylic oxidation sites excluding steroid dienone is 4. The number of aliphatic hydroxyl groups excluding tert-OH is 1. The molecule has 1 aliphatic rings. The van der Waals surface area contributed by atoms with Crippen molar-refractivity contribution in [3.63, 3.8) is 0 Å². The second kappa shape index (κ2) is 10.0. The van der Waals surface area contributed by atoms with Crippen molar-refractivity contribution in [1.82, 2.24) is 0 Å². The molecule has 7 heteroatoms. The molecule has 33 heavy (non-hydrogen) atoms. The molecule has 0 unspecified atom stereocenters. The number of phenols is 3. The number of hydrogen-bond acceptors (Lipinski definition) is 7. The lowest BCUT2D eigenvalue weighted by Crippen LogP contribution is -2.36. The third-order valence-electron chi connectivity index (χ3n) is 5.68. The lowest BCUT2D eigenvalue weighted by molar-refractivity contribution is 0.0209. The van der Waals surface area contributed by atoms with Crippen molar-refractivity contribution >= 4 is 5.78 Å². The molecule has 0 fully saturated rings. The number of methoxy groups -OCH3 is 1. The van der Waals surface area contributed by atoms with Crippen molar-refractivity contribution in [2.45, 2.75) is 52.2 Å². The number of carbonyl (C=O) groups excluding carboxylic acids is 1. The highest BCUT2D eigenvalue weighted by Crippen LogP contribution is 2.45. The van der Waals surface area contributed by atoms with E-state index in [1.807, 2.05) is 26.8 Å². The Labute approximate surface area is 193 Å². The van der Waals surface area contributed by atoms with Gasteiger partial charge in [0.1, 0.15) is 22.8 Å². The molecule has 0 saturated heterocycles. The van der Waals surface area contributed by atoms with Crippen LogP contribution in [0.1, 0.15) is 61.2 Å². The summed E-state index contributed by atoms with van der Waals surface area (Å²) in [4.78, 5) is 13.0. The fraction of sp³-hybridized carbons (Fsp3) is 0.346. The number of carbonyl (C=O) groups is 1. The summed E-state index contributed by atoms with van der Waals surface area (Å²) in [7, 11) is 1.38. The van der Waals surface area contributed by atoms with Crippen molar-refractivity contribution in [1.29, 1.82) is 0 Å². The molecule has 1 aliphatic heterocycles. The minimum atomic E-state index is -1.59. The molecule has 0 bridgehead atoms. The highest BCUT2D eigenvalue weighted by Gasteiger charge is 2.40. The summed E-state index contributed by atoms with van der Waals surface area (Å²) in [6, 6.07) is 5.61. The van der Waals surface area contributed by atoms with Gasteiger partial charge < -0.3 is 29.9 Å². The summed E-state index contributed by atoms with van der Waals surface area (Å²) in [6.45, 7) is 6.05. The average Bonchev–Trinajstić information content (AvgIpc) is 2.76. The van der Waals surface area contributed by atoms with E-state index in [0.29, 0.717) is 5.56 Å². The zero-order valence-corrected chi connectivity index (χ0v) is 19.3. The van der Waals surface area contributed by atoms with Crippen LogP contribution in [0, 0.1) is 0 Å². The number of aromatic hydroxyl groups is 3. The zero-order chi connectivity index (χ0) is 24.3. The molecule has 3 rings (SSSR count). The number of ketones is 1. The first-order valence-corrected chi connectivity index (χ1v) is 10.8.